The van der Waals surface area contributed by atoms with Crippen LogP contribution < -0.4 is 10.6 Å². The summed E-state index contributed by atoms with van der Waals surface area (Å²) in [4.78, 5) is 5.30. The second-order valence-electron chi connectivity index (χ2n) is 3.79. The number of alkyl halides is 3. The molecule has 1 rings (SSSR count). The molecule has 0 amide bonds. The molecule has 0 unspecified atom stereocenters. The van der Waals surface area contributed by atoms with E-state index in [0.717, 1.165) is 0 Å². The van der Waals surface area contributed by atoms with Gasteiger partial charge in [0.2, 0.25) is 0 Å². The second kappa shape index (κ2) is 5.35. The van der Waals surface area contributed by atoms with Crippen LogP contribution >= 0.6 is 0 Å². The Hall–Kier alpha value is -1.30. The molecular formula is C11H16F3N3. The first-order chi connectivity index (χ1) is 7.87. The summed E-state index contributed by atoms with van der Waals surface area (Å²) in [6.07, 6.45) is -2.69. The van der Waals surface area contributed by atoms with Crippen molar-refractivity contribution >= 4 is 5.69 Å². The summed E-state index contributed by atoms with van der Waals surface area (Å²) in [7, 11) is 0. The first kappa shape index (κ1) is 13.8. The van der Waals surface area contributed by atoms with Crippen molar-refractivity contribution in [2.45, 2.75) is 26.6 Å². The lowest BCUT2D eigenvalue weighted by Gasteiger charge is -2.26. The third kappa shape index (κ3) is 3.89. The Morgan fingerprint density at radius 3 is 2.53 bits per heavy atom. The molecule has 0 radical (unpaired) electrons. The van der Waals surface area contributed by atoms with Crippen LogP contribution in [-0.2, 0) is 6.54 Å². The van der Waals surface area contributed by atoms with E-state index in [4.69, 9.17) is 5.73 Å². The molecule has 1 aromatic heterocycles. The van der Waals surface area contributed by atoms with E-state index in [9.17, 15) is 13.2 Å². The van der Waals surface area contributed by atoms with Crippen molar-refractivity contribution in [1.82, 2.24) is 4.98 Å². The molecule has 0 aliphatic carbocycles. The van der Waals surface area contributed by atoms with Crippen molar-refractivity contribution in [2.75, 3.05) is 18.0 Å². The summed E-state index contributed by atoms with van der Waals surface area (Å²) in [5.74, 6) is 0. The maximum atomic E-state index is 12.4. The van der Waals surface area contributed by atoms with E-state index in [1.54, 1.807) is 19.9 Å². The van der Waals surface area contributed by atoms with Gasteiger partial charge >= 0.3 is 6.18 Å². The predicted molar refractivity (Wildman–Crippen MR) is 60.8 cm³/mol. The topological polar surface area (TPSA) is 42.2 Å². The van der Waals surface area contributed by atoms with Gasteiger partial charge in [-0.2, -0.15) is 13.2 Å². The van der Waals surface area contributed by atoms with Crippen molar-refractivity contribution in [3.8, 4) is 0 Å². The van der Waals surface area contributed by atoms with Gasteiger partial charge in [0.25, 0.3) is 0 Å². The smallest absolute Gasteiger partial charge is 0.363 e. The summed E-state index contributed by atoms with van der Waals surface area (Å²) in [6, 6.07) is 1.64. The molecule has 0 atom stereocenters. The maximum absolute atomic E-state index is 12.4. The van der Waals surface area contributed by atoms with E-state index in [2.05, 4.69) is 4.98 Å². The van der Waals surface area contributed by atoms with Crippen LogP contribution in [0.1, 0.15) is 18.2 Å². The zero-order chi connectivity index (χ0) is 13.1. The van der Waals surface area contributed by atoms with E-state index in [-0.39, 0.29) is 13.1 Å². The minimum absolute atomic E-state index is 0.178. The molecule has 3 nitrogen and oxygen atoms in total. The molecule has 0 aliphatic rings. The minimum Gasteiger partial charge on any atom is -0.363 e. The lowest BCUT2D eigenvalue weighted by molar-refractivity contribution is -0.119. The summed E-state index contributed by atoms with van der Waals surface area (Å²) in [6.45, 7) is 2.90. The van der Waals surface area contributed by atoms with Crippen LogP contribution in [0.15, 0.2) is 12.3 Å². The summed E-state index contributed by atoms with van der Waals surface area (Å²) < 4.78 is 37.3. The molecule has 1 heterocycles. The third-order valence-corrected chi connectivity index (χ3v) is 2.41. The fourth-order valence-electron chi connectivity index (χ4n) is 1.61. The van der Waals surface area contributed by atoms with Crippen molar-refractivity contribution in [3.63, 3.8) is 0 Å². The average Bonchev–Trinajstić information content (AvgIpc) is 2.24. The van der Waals surface area contributed by atoms with Gasteiger partial charge in [0.05, 0.1) is 0 Å². The molecule has 0 aliphatic heterocycles. The predicted octanol–water partition coefficient (Wildman–Crippen LogP) is 2.24. The fraction of sp³-hybridized carbons (Fsp3) is 0.545. The Morgan fingerprint density at radius 2 is 2.06 bits per heavy atom. The van der Waals surface area contributed by atoms with Gasteiger partial charge in [-0.3, -0.25) is 4.98 Å². The lowest BCUT2D eigenvalue weighted by atomic mass is 10.2. The standard InChI is InChI=1S/C11H16F3N3/c1-3-17(7-11(12,13)14)10-4-8(2)16-6-9(10)5-15/h4,6H,3,5,7,15H2,1-2H3. The Balaban J connectivity index is 3.06. The Bertz CT molecular complexity index is 377. The van der Waals surface area contributed by atoms with Gasteiger partial charge < -0.3 is 10.6 Å². The van der Waals surface area contributed by atoms with Crippen LogP contribution in [0.25, 0.3) is 0 Å². The highest BCUT2D eigenvalue weighted by atomic mass is 19.4. The van der Waals surface area contributed by atoms with Crippen LogP contribution in [0, 0.1) is 6.92 Å². The Labute approximate surface area is 98.4 Å². The number of pyridine rings is 1. The average molecular weight is 247 g/mol. The van der Waals surface area contributed by atoms with Crippen LogP contribution in [0.2, 0.25) is 0 Å². The van der Waals surface area contributed by atoms with E-state index < -0.39 is 12.7 Å². The zero-order valence-electron chi connectivity index (χ0n) is 9.88. The quantitative estimate of drug-likeness (QED) is 0.887. The van der Waals surface area contributed by atoms with E-state index in [1.165, 1.54) is 11.1 Å². The molecule has 6 heteroatoms. The number of anilines is 1. The molecular weight excluding hydrogens is 231 g/mol. The molecule has 17 heavy (non-hydrogen) atoms. The van der Waals surface area contributed by atoms with Crippen molar-refractivity contribution in [2.24, 2.45) is 5.73 Å². The number of nitrogens with zero attached hydrogens (tertiary/aromatic N) is 2. The van der Waals surface area contributed by atoms with Crippen molar-refractivity contribution < 1.29 is 13.2 Å². The van der Waals surface area contributed by atoms with E-state index in [0.29, 0.717) is 16.9 Å². The number of hydrogen-bond acceptors (Lipinski definition) is 3. The van der Waals surface area contributed by atoms with Crippen molar-refractivity contribution in [1.29, 1.82) is 0 Å². The molecule has 0 aromatic carbocycles. The summed E-state index contributed by atoms with van der Waals surface area (Å²) in [5.41, 5.74) is 7.33. The van der Waals surface area contributed by atoms with Crippen molar-refractivity contribution in [3.05, 3.63) is 23.5 Å². The molecule has 0 fully saturated rings. The third-order valence-electron chi connectivity index (χ3n) is 2.41. The minimum atomic E-state index is -4.22. The normalized spacial score (nSPS) is 11.6. The molecule has 2 N–H and O–H groups in total. The number of hydrogen-bond donors (Lipinski definition) is 1. The second-order valence-corrected chi connectivity index (χ2v) is 3.79. The highest BCUT2D eigenvalue weighted by molar-refractivity contribution is 5.53. The maximum Gasteiger partial charge on any atom is 0.405 e. The molecule has 1 aromatic rings. The van der Waals surface area contributed by atoms with Gasteiger partial charge in [-0.15, -0.1) is 0 Å². The van der Waals surface area contributed by atoms with Gasteiger partial charge in [0, 0.05) is 36.2 Å². The van der Waals surface area contributed by atoms with E-state index in [1.807, 2.05) is 0 Å². The molecule has 96 valence electrons. The first-order valence-electron chi connectivity index (χ1n) is 5.34. The van der Waals surface area contributed by atoms with Gasteiger partial charge in [0.15, 0.2) is 0 Å². The van der Waals surface area contributed by atoms with Crippen LogP contribution in [0.3, 0.4) is 0 Å². The zero-order valence-corrected chi connectivity index (χ0v) is 9.88. The number of aromatic nitrogens is 1. The summed E-state index contributed by atoms with van der Waals surface area (Å²) >= 11 is 0. The van der Waals surface area contributed by atoms with Gasteiger partial charge in [0.1, 0.15) is 6.54 Å². The van der Waals surface area contributed by atoms with E-state index >= 15 is 0 Å². The summed E-state index contributed by atoms with van der Waals surface area (Å²) in [5, 5.41) is 0. The van der Waals surface area contributed by atoms with Gasteiger partial charge in [-0.25, -0.2) is 0 Å². The highest BCUT2D eigenvalue weighted by Crippen LogP contribution is 2.25. The molecule has 0 spiro atoms. The largest absolute Gasteiger partial charge is 0.405 e. The lowest BCUT2D eigenvalue weighted by Crippen LogP contribution is -2.35. The van der Waals surface area contributed by atoms with Crippen LogP contribution in [-0.4, -0.2) is 24.2 Å². The van der Waals surface area contributed by atoms with Crippen LogP contribution in [0.4, 0.5) is 18.9 Å². The number of rotatable bonds is 4. The number of halogens is 3. The number of nitrogens with two attached hydrogens (primary N) is 1. The van der Waals surface area contributed by atoms with Gasteiger partial charge in [-0.05, 0) is 19.9 Å². The SMILES string of the molecule is CCN(CC(F)(F)F)c1cc(C)ncc1CN. The molecule has 0 saturated carbocycles. The Kier molecular flexibility index (Phi) is 4.34. The number of aryl methyl sites for hydroxylation is 1. The molecule has 0 saturated heterocycles. The van der Waals surface area contributed by atoms with Gasteiger partial charge in [-0.1, -0.05) is 0 Å². The molecule has 0 bridgehead atoms. The monoisotopic (exact) mass is 247 g/mol. The highest BCUT2D eigenvalue weighted by Gasteiger charge is 2.31. The Morgan fingerprint density at radius 1 is 1.41 bits per heavy atom. The van der Waals surface area contributed by atoms with Crippen LogP contribution in [0.5, 0.6) is 0 Å². The fourth-order valence-corrected chi connectivity index (χ4v) is 1.61. The first-order valence-corrected chi connectivity index (χ1v) is 5.34.